The van der Waals surface area contributed by atoms with Crippen LogP contribution in [-0.2, 0) is 11.3 Å². The molecule has 0 N–H and O–H groups in total. The Kier molecular flexibility index (Phi) is 3.54. The van der Waals surface area contributed by atoms with Crippen LogP contribution in [0.25, 0.3) is 0 Å². The summed E-state index contributed by atoms with van der Waals surface area (Å²) >= 11 is 0. The van der Waals surface area contributed by atoms with Gasteiger partial charge in [-0.1, -0.05) is 54.6 Å². The number of furan rings is 1. The average molecular weight is 332 g/mol. The van der Waals surface area contributed by atoms with Crippen LogP contribution in [-0.4, -0.2) is 17.5 Å². The minimum atomic E-state index is -0.720. The van der Waals surface area contributed by atoms with Crippen molar-refractivity contribution < 1.29 is 23.5 Å². The summed E-state index contributed by atoms with van der Waals surface area (Å²) in [4.78, 5) is 37.2. The molecule has 0 radical (unpaired) electrons. The van der Waals surface area contributed by atoms with Crippen LogP contribution >= 0.6 is 0 Å². The van der Waals surface area contributed by atoms with Gasteiger partial charge in [0.1, 0.15) is 6.61 Å². The van der Waals surface area contributed by atoms with Gasteiger partial charge in [-0.05, 0) is 5.56 Å². The van der Waals surface area contributed by atoms with E-state index in [9.17, 15) is 14.4 Å². The van der Waals surface area contributed by atoms with E-state index in [4.69, 9.17) is 9.15 Å². The van der Waals surface area contributed by atoms with E-state index in [2.05, 4.69) is 0 Å². The maximum atomic E-state index is 12.5. The molecule has 0 aliphatic heterocycles. The van der Waals surface area contributed by atoms with Gasteiger partial charge in [0.25, 0.3) is 0 Å². The van der Waals surface area contributed by atoms with Crippen LogP contribution in [0.3, 0.4) is 0 Å². The second-order valence-corrected chi connectivity index (χ2v) is 5.62. The molecule has 0 fully saturated rings. The topological polar surface area (TPSA) is 73.6 Å². The molecule has 1 aromatic heterocycles. The molecule has 1 heterocycles. The van der Waals surface area contributed by atoms with Crippen molar-refractivity contribution in [1.82, 2.24) is 0 Å². The molecule has 0 saturated heterocycles. The van der Waals surface area contributed by atoms with Crippen molar-refractivity contribution in [1.29, 1.82) is 0 Å². The highest BCUT2D eigenvalue weighted by Crippen LogP contribution is 2.29. The van der Waals surface area contributed by atoms with Crippen molar-refractivity contribution in [2.45, 2.75) is 6.61 Å². The van der Waals surface area contributed by atoms with Crippen molar-refractivity contribution >= 4 is 17.5 Å². The summed E-state index contributed by atoms with van der Waals surface area (Å²) < 4.78 is 10.5. The van der Waals surface area contributed by atoms with Gasteiger partial charge in [0.15, 0.2) is 11.5 Å². The molecule has 1 aliphatic carbocycles. The quantitative estimate of drug-likeness (QED) is 0.538. The first-order valence-corrected chi connectivity index (χ1v) is 7.68. The van der Waals surface area contributed by atoms with Crippen molar-refractivity contribution in [2.24, 2.45) is 0 Å². The van der Waals surface area contributed by atoms with E-state index in [0.29, 0.717) is 5.56 Å². The molecule has 0 unspecified atom stereocenters. The molecule has 0 bridgehead atoms. The van der Waals surface area contributed by atoms with Crippen LogP contribution in [0.4, 0.5) is 0 Å². The summed E-state index contributed by atoms with van der Waals surface area (Å²) in [6.45, 7) is 0.0765. The van der Waals surface area contributed by atoms with E-state index in [1.807, 2.05) is 30.3 Å². The highest BCUT2D eigenvalue weighted by molar-refractivity contribution is 6.27. The lowest BCUT2D eigenvalue weighted by Gasteiger charge is -2.11. The Labute approximate surface area is 142 Å². The lowest BCUT2D eigenvalue weighted by molar-refractivity contribution is 0.0434. The molecule has 0 atom stereocenters. The van der Waals surface area contributed by atoms with Crippen LogP contribution in [0.2, 0.25) is 0 Å². The maximum absolute atomic E-state index is 12.5. The van der Waals surface area contributed by atoms with Gasteiger partial charge < -0.3 is 9.15 Å². The molecule has 0 amide bonds. The fourth-order valence-corrected chi connectivity index (χ4v) is 2.77. The van der Waals surface area contributed by atoms with E-state index >= 15 is 0 Å². The van der Waals surface area contributed by atoms with Gasteiger partial charge in [-0.15, -0.1) is 0 Å². The van der Waals surface area contributed by atoms with Crippen molar-refractivity contribution in [3.05, 3.63) is 94.4 Å². The number of fused-ring (bicyclic) bond motifs is 2. The smallest absolute Gasteiger partial charge is 0.374 e. The zero-order valence-electron chi connectivity index (χ0n) is 13.0. The van der Waals surface area contributed by atoms with Gasteiger partial charge in [-0.2, -0.15) is 0 Å². The molecular weight excluding hydrogens is 320 g/mol. The fourth-order valence-electron chi connectivity index (χ4n) is 2.77. The Balaban J connectivity index is 1.61. The Bertz CT molecular complexity index is 945. The highest BCUT2D eigenvalue weighted by Gasteiger charge is 2.34. The summed E-state index contributed by atoms with van der Waals surface area (Å²) in [6, 6.07) is 17.0. The predicted molar refractivity (Wildman–Crippen MR) is 87.6 cm³/mol. The molecule has 5 nitrogen and oxygen atoms in total. The SMILES string of the molecule is O=C(OCc1ccccc1)c1cc2c(o1)C(=O)c1ccccc1C2=O. The van der Waals surface area contributed by atoms with Crippen LogP contribution in [0.15, 0.2) is 65.1 Å². The Morgan fingerprint density at radius 3 is 2.20 bits per heavy atom. The molecule has 0 spiro atoms. The van der Waals surface area contributed by atoms with E-state index in [-0.39, 0.29) is 35.0 Å². The molecule has 5 heteroatoms. The summed E-state index contributed by atoms with van der Waals surface area (Å²) in [5.41, 5.74) is 1.51. The zero-order chi connectivity index (χ0) is 17.4. The number of hydrogen-bond acceptors (Lipinski definition) is 5. The van der Waals surface area contributed by atoms with Crippen molar-refractivity contribution in [3.8, 4) is 0 Å². The minimum Gasteiger partial charge on any atom is -0.455 e. The summed E-state index contributed by atoms with van der Waals surface area (Å²) in [7, 11) is 0. The zero-order valence-corrected chi connectivity index (χ0v) is 13.0. The number of benzene rings is 2. The number of carbonyl (C=O) groups is 3. The number of ketones is 2. The monoisotopic (exact) mass is 332 g/mol. The Hall–Kier alpha value is -3.47. The normalized spacial score (nSPS) is 12.5. The van der Waals surface area contributed by atoms with E-state index in [1.165, 1.54) is 6.07 Å². The first-order valence-electron chi connectivity index (χ1n) is 7.68. The van der Waals surface area contributed by atoms with Gasteiger partial charge >= 0.3 is 5.97 Å². The molecular formula is C20H12O5. The largest absolute Gasteiger partial charge is 0.455 e. The van der Waals surface area contributed by atoms with Crippen molar-refractivity contribution in [2.75, 3.05) is 0 Å². The van der Waals surface area contributed by atoms with Crippen LogP contribution in [0, 0.1) is 0 Å². The summed E-state index contributed by atoms with van der Waals surface area (Å²) in [5.74, 6) is -1.74. The average Bonchev–Trinajstić information content (AvgIpc) is 3.11. The van der Waals surface area contributed by atoms with Crippen LogP contribution in [0.1, 0.15) is 48.2 Å². The number of ether oxygens (including phenoxy) is 1. The van der Waals surface area contributed by atoms with Gasteiger partial charge in [0, 0.05) is 17.2 Å². The minimum absolute atomic E-state index is 0.0765. The number of carbonyl (C=O) groups excluding carboxylic acids is 3. The van der Waals surface area contributed by atoms with E-state index in [1.54, 1.807) is 24.3 Å². The molecule has 4 rings (SSSR count). The Morgan fingerprint density at radius 1 is 0.840 bits per heavy atom. The highest BCUT2D eigenvalue weighted by atomic mass is 16.5. The van der Waals surface area contributed by atoms with E-state index in [0.717, 1.165) is 5.56 Å². The molecule has 25 heavy (non-hydrogen) atoms. The first kappa shape index (κ1) is 15.1. The standard InChI is InChI=1S/C20H12O5/c21-17-13-8-4-5-9-14(13)18(22)19-15(17)10-16(25-19)20(23)24-11-12-6-2-1-3-7-12/h1-10H,11H2. The van der Waals surface area contributed by atoms with Gasteiger partial charge in [0.05, 0.1) is 5.56 Å². The van der Waals surface area contributed by atoms with Gasteiger partial charge in [-0.25, -0.2) is 4.79 Å². The number of hydrogen-bond donors (Lipinski definition) is 0. The lowest BCUT2D eigenvalue weighted by Crippen LogP contribution is -2.18. The third-order valence-corrected chi connectivity index (χ3v) is 4.01. The maximum Gasteiger partial charge on any atom is 0.374 e. The van der Waals surface area contributed by atoms with Crippen LogP contribution < -0.4 is 0 Å². The second-order valence-electron chi connectivity index (χ2n) is 5.62. The predicted octanol–water partition coefficient (Wildman–Crippen LogP) is 3.41. The lowest BCUT2D eigenvalue weighted by atomic mass is 9.89. The first-order chi connectivity index (χ1) is 12.1. The third kappa shape index (κ3) is 2.55. The fraction of sp³-hybridized carbons (Fsp3) is 0.0500. The molecule has 122 valence electrons. The molecule has 3 aromatic rings. The van der Waals surface area contributed by atoms with Crippen molar-refractivity contribution in [3.63, 3.8) is 0 Å². The summed E-state index contributed by atoms with van der Waals surface area (Å²) in [5, 5.41) is 0. The third-order valence-electron chi connectivity index (χ3n) is 4.01. The van der Waals surface area contributed by atoms with Gasteiger partial charge in [0.2, 0.25) is 11.5 Å². The number of rotatable bonds is 3. The van der Waals surface area contributed by atoms with E-state index < -0.39 is 11.8 Å². The summed E-state index contributed by atoms with van der Waals surface area (Å²) in [6.07, 6.45) is 0. The molecule has 2 aromatic carbocycles. The van der Waals surface area contributed by atoms with Gasteiger partial charge in [-0.3, -0.25) is 9.59 Å². The molecule has 1 aliphatic rings. The molecule has 0 saturated carbocycles. The van der Waals surface area contributed by atoms with Crippen LogP contribution in [0.5, 0.6) is 0 Å². The second kappa shape index (κ2) is 5.87. The number of esters is 1. The Morgan fingerprint density at radius 2 is 1.48 bits per heavy atom.